The molecule has 1 unspecified atom stereocenters. The number of nitrogens with zero attached hydrogens (tertiary/aromatic N) is 6. The van der Waals surface area contributed by atoms with Gasteiger partial charge >= 0.3 is 0 Å². The lowest BCUT2D eigenvalue weighted by Gasteiger charge is -2.28. The van der Waals surface area contributed by atoms with Crippen molar-refractivity contribution in [3.05, 3.63) is 84.1 Å². The van der Waals surface area contributed by atoms with Crippen molar-refractivity contribution in [2.75, 3.05) is 5.32 Å². The van der Waals surface area contributed by atoms with E-state index in [1.807, 2.05) is 0 Å². The Hall–Kier alpha value is -3.83. The molecule has 0 saturated heterocycles. The summed E-state index contributed by atoms with van der Waals surface area (Å²) in [5.74, 6) is 0.245. The molecular formula is C18H10Cl2N8O3. The normalized spacial score (nSPS) is 14.5. The van der Waals surface area contributed by atoms with Crippen LogP contribution in [-0.2, 0) is 0 Å². The third kappa shape index (κ3) is 3.10. The molecular weight excluding hydrogens is 447 g/mol. The molecule has 31 heavy (non-hydrogen) atoms. The number of benzene rings is 2. The van der Waals surface area contributed by atoms with Gasteiger partial charge in [-0.3, -0.25) is 14.9 Å². The van der Waals surface area contributed by atoms with Gasteiger partial charge in [0, 0.05) is 38.9 Å². The van der Waals surface area contributed by atoms with Crippen molar-refractivity contribution in [1.82, 2.24) is 30.4 Å². The van der Waals surface area contributed by atoms with Crippen molar-refractivity contribution >= 4 is 40.5 Å². The summed E-state index contributed by atoms with van der Waals surface area (Å²) < 4.78 is 1.48. The number of non-ortho nitro benzene ring substituents is 1. The third-order valence-corrected chi connectivity index (χ3v) is 5.44. The van der Waals surface area contributed by atoms with Crippen LogP contribution in [0, 0.1) is 10.1 Å². The van der Waals surface area contributed by atoms with Crippen LogP contribution in [0.2, 0.25) is 10.0 Å². The highest BCUT2D eigenvalue weighted by Gasteiger charge is 2.35. The maximum absolute atomic E-state index is 12.6. The van der Waals surface area contributed by atoms with Gasteiger partial charge in [-0.15, -0.1) is 0 Å². The smallest absolute Gasteiger partial charge is 0.288 e. The fourth-order valence-electron chi connectivity index (χ4n) is 3.51. The van der Waals surface area contributed by atoms with Crippen molar-refractivity contribution in [2.24, 2.45) is 0 Å². The minimum Gasteiger partial charge on any atom is -0.318 e. The minimum absolute atomic E-state index is 0.0692. The van der Waals surface area contributed by atoms with Gasteiger partial charge in [0.2, 0.25) is 5.95 Å². The Morgan fingerprint density at radius 3 is 2.61 bits per heavy atom. The molecule has 0 aliphatic carbocycles. The number of fused-ring (bicyclic) bond motifs is 2. The van der Waals surface area contributed by atoms with Crippen LogP contribution >= 0.6 is 23.2 Å². The van der Waals surface area contributed by atoms with Crippen molar-refractivity contribution in [2.45, 2.75) is 6.04 Å². The van der Waals surface area contributed by atoms with E-state index in [-0.39, 0.29) is 17.3 Å². The molecule has 2 aromatic carbocycles. The van der Waals surface area contributed by atoms with E-state index in [0.29, 0.717) is 32.4 Å². The molecule has 0 bridgehead atoms. The molecule has 2 N–H and O–H groups in total. The Labute approximate surface area is 182 Å². The van der Waals surface area contributed by atoms with Crippen molar-refractivity contribution in [3.63, 3.8) is 0 Å². The first kappa shape index (κ1) is 19.2. The SMILES string of the molecule is O=c1[nH]nc(-c2ccc([N+](=O)[O-])cc2)c2c1Nc1nnnn1C2c1ccc(Cl)cc1Cl. The summed E-state index contributed by atoms with van der Waals surface area (Å²) in [6, 6.07) is 10.1. The van der Waals surface area contributed by atoms with E-state index in [4.69, 9.17) is 23.2 Å². The number of hydrogen-bond acceptors (Lipinski definition) is 8. The predicted molar refractivity (Wildman–Crippen MR) is 112 cm³/mol. The van der Waals surface area contributed by atoms with E-state index in [9.17, 15) is 14.9 Å². The number of nitro benzene ring substituents is 1. The summed E-state index contributed by atoms with van der Waals surface area (Å²) in [5, 5.41) is 33.1. The van der Waals surface area contributed by atoms with Gasteiger partial charge < -0.3 is 5.32 Å². The molecule has 11 nitrogen and oxygen atoms in total. The van der Waals surface area contributed by atoms with Gasteiger partial charge in [0.05, 0.1) is 10.6 Å². The van der Waals surface area contributed by atoms with Crippen LogP contribution in [0.4, 0.5) is 17.3 Å². The van der Waals surface area contributed by atoms with Crippen molar-refractivity contribution < 1.29 is 4.92 Å². The first-order valence-electron chi connectivity index (χ1n) is 8.81. The van der Waals surface area contributed by atoms with Gasteiger partial charge in [-0.25, -0.2) is 5.10 Å². The average molecular weight is 457 g/mol. The van der Waals surface area contributed by atoms with Gasteiger partial charge in [0.1, 0.15) is 11.7 Å². The van der Waals surface area contributed by atoms with Gasteiger partial charge in [-0.2, -0.15) is 9.78 Å². The third-order valence-electron chi connectivity index (χ3n) is 4.88. The Kier molecular flexibility index (Phi) is 4.41. The first-order chi connectivity index (χ1) is 14.9. The Morgan fingerprint density at radius 1 is 1.13 bits per heavy atom. The van der Waals surface area contributed by atoms with Gasteiger partial charge in [0.15, 0.2) is 0 Å². The maximum Gasteiger partial charge on any atom is 0.288 e. The van der Waals surface area contributed by atoms with E-state index in [2.05, 4.69) is 31.0 Å². The van der Waals surface area contributed by atoms with Crippen LogP contribution < -0.4 is 10.9 Å². The van der Waals surface area contributed by atoms with Crippen LogP contribution in [0.15, 0.2) is 47.3 Å². The van der Waals surface area contributed by atoms with E-state index in [1.54, 1.807) is 30.3 Å². The number of aromatic amines is 1. The summed E-state index contributed by atoms with van der Waals surface area (Å²) in [4.78, 5) is 23.2. The number of nitro groups is 1. The van der Waals surface area contributed by atoms with E-state index in [0.717, 1.165) is 0 Å². The van der Waals surface area contributed by atoms with E-state index < -0.39 is 16.5 Å². The van der Waals surface area contributed by atoms with Crippen LogP contribution in [0.3, 0.4) is 0 Å². The van der Waals surface area contributed by atoms with Crippen molar-refractivity contribution in [3.8, 4) is 11.3 Å². The highest BCUT2D eigenvalue weighted by atomic mass is 35.5. The summed E-state index contributed by atoms with van der Waals surface area (Å²) in [6.45, 7) is 0. The largest absolute Gasteiger partial charge is 0.318 e. The summed E-state index contributed by atoms with van der Waals surface area (Å²) in [6.07, 6.45) is 0. The molecule has 154 valence electrons. The lowest BCUT2D eigenvalue weighted by Crippen LogP contribution is -2.29. The number of aromatic nitrogens is 6. The molecule has 2 aromatic heterocycles. The van der Waals surface area contributed by atoms with Crippen LogP contribution in [0.25, 0.3) is 11.3 Å². The Morgan fingerprint density at radius 2 is 1.90 bits per heavy atom. The van der Waals surface area contributed by atoms with Crippen molar-refractivity contribution in [1.29, 1.82) is 0 Å². The van der Waals surface area contributed by atoms with Gasteiger partial charge in [0.25, 0.3) is 11.2 Å². The Balaban J connectivity index is 1.79. The molecule has 5 rings (SSSR count). The van der Waals surface area contributed by atoms with Crippen LogP contribution in [-0.4, -0.2) is 35.3 Å². The number of halogens is 2. The van der Waals surface area contributed by atoms with Crippen LogP contribution in [0.5, 0.6) is 0 Å². The molecule has 0 saturated carbocycles. The number of nitrogens with one attached hydrogen (secondary N) is 2. The van der Waals surface area contributed by atoms with E-state index in [1.165, 1.54) is 16.8 Å². The molecule has 1 aliphatic rings. The summed E-state index contributed by atoms with van der Waals surface area (Å²) in [5.41, 5.74) is 1.63. The highest BCUT2D eigenvalue weighted by molar-refractivity contribution is 6.35. The van der Waals surface area contributed by atoms with Gasteiger partial charge in [-0.05, 0) is 34.7 Å². The zero-order valence-corrected chi connectivity index (χ0v) is 16.8. The molecule has 0 amide bonds. The average Bonchev–Trinajstić information content (AvgIpc) is 3.22. The topological polar surface area (TPSA) is 145 Å². The highest BCUT2D eigenvalue weighted by Crippen LogP contribution is 2.43. The number of tetrazole rings is 1. The fourth-order valence-corrected chi connectivity index (χ4v) is 4.02. The summed E-state index contributed by atoms with van der Waals surface area (Å²) >= 11 is 12.6. The summed E-state index contributed by atoms with van der Waals surface area (Å²) in [7, 11) is 0. The second kappa shape index (κ2) is 7.15. The lowest BCUT2D eigenvalue weighted by atomic mass is 9.92. The fraction of sp³-hybridized carbons (Fsp3) is 0.0556. The monoisotopic (exact) mass is 456 g/mol. The van der Waals surface area contributed by atoms with Gasteiger partial charge in [-0.1, -0.05) is 34.4 Å². The lowest BCUT2D eigenvalue weighted by molar-refractivity contribution is -0.384. The molecule has 0 spiro atoms. The second-order valence-corrected chi connectivity index (χ2v) is 7.48. The van der Waals surface area contributed by atoms with E-state index >= 15 is 0 Å². The second-order valence-electron chi connectivity index (χ2n) is 6.63. The maximum atomic E-state index is 12.6. The molecule has 3 heterocycles. The Bertz CT molecular complexity index is 1400. The predicted octanol–water partition coefficient (Wildman–Crippen LogP) is 3.33. The molecule has 0 fully saturated rings. The molecule has 4 aromatic rings. The number of H-pyrrole nitrogens is 1. The zero-order valence-electron chi connectivity index (χ0n) is 15.3. The zero-order chi connectivity index (χ0) is 21.7. The first-order valence-corrected chi connectivity index (χ1v) is 9.57. The quantitative estimate of drug-likeness (QED) is 0.310. The molecule has 1 aliphatic heterocycles. The number of rotatable bonds is 3. The minimum atomic E-state index is -0.703. The molecule has 1 atom stereocenters. The number of anilines is 2. The standard InChI is InChI=1S/C18H10Cl2N8O3/c19-9-3-6-11(12(20)7-9)16-13-14(8-1-4-10(5-2-8)28(30)31)22-23-17(29)15(13)21-18-24-25-26-27(16)18/h1-7,16H,(H,23,29)(H,21,24,26). The van der Waals surface area contributed by atoms with Crippen LogP contribution in [0.1, 0.15) is 17.2 Å². The molecule has 0 radical (unpaired) electrons. The molecule has 13 heteroatoms. The number of hydrogen-bond donors (Lipinski definition) is 2.